The van der Waals surface area contributed by atoms with E-state index in [9.17, 15) is 0 Å². The summed E-state index contributed by atoms with van der Waals surface area (Å²) in [6.07, 6.45) is 1.28. The van der Waals surface area contributed by atoms with Crippen molar-refractivity contribution in [1.29, 1.82) is 0 Å². The van der Waals surface area contributed by atoms with Crippen LogP contribution in [0, 0.1) is 5.92 Å². The fourth-order valence-electron chi connectivity index (χ4n) is 1.94. The average molecular weight is 206 g/mol. The maximum absolute atomic E-state index is 5.93. The van der Waals surface area contributed by atoms with E-state index in [1.807, 2.05) is 6.92 Å². The zero-order valence-corrected chi connectivity index (χ0v) is 9.39. The Morgan fingerprint density at radius 3 is 2.92 bits per heavy atom. The number of ether oxygens (including phenoxy) is 1. The van der Waals surface area contributed by atoms with Gasteiger partial charge < -0.3 is 4.74 Å². The summed E-state index contributed by atoms with van der Waals surface area (Å²) in [6, 6.07) is 0.571. The first-order valence-corrected chi connectivity index (χ1v) is 5.70. The first kappa shape index (κ1) is 11.3. The maximum Gasteiger partial charge on any atom is 0.0593 e. The number of halogens is 1. The molecule has 0 saturated carbocycles. The van der Waals surface area contributed by atoms with Crippen LogP contribution in [0.15, 0.2) is 0 Å². The van der Waals surface area contributed by atoms with Gasteiger partial charge in [0.1, 0.15) is 0 Å². The van der Waals surface area contributed by atoms with Crippen LogP contribution >= 0.6 is 11.6 Å². The zero-order valence-electron chi connectivity index (χ0n) is 8.63. The highest BCUT2D eigenvalue weighted by Crippen LogP contribution is 2.24. The minimum atomic E-state index is 0.571. The number of hydrogen-bond acceptors (Lipinski definition) is 2. The molecule has 0 amide bonds. The van der Waals surface area contributed by atoms with Gasteiger partial charge in [0, 0.05) is 25.1 Å². The third-order valence-electron chi connectivity index (χ3n) is 2.88. The lowest BCUT2D eigenvalue weighted by molar-refractivity contribution is 0.109. The van der Waals surface area contributed by atoms with Gasteiger partial charge in [-0.15, -0.1) is 11.6 Å². The van der Waals surface area contributed by atoms with Crippen molar-refractivity contribution >= 4 is 11.6 Å². The predicted octanol–water partition coefficient (Wildman–Crippen LogP) is 1.97. The van der Waals surface area contributed by atoms with E-state index in [1.165, 1.54) is 13.0 Å². The van der Waals surface area contributed by atoms with Gasteiger partial charge in [-0.2, -0.15) is 0 Å². The van der Waals surface area contributed by atoms with Crippen LogP contribution in [0.4, 0.5) is 0 Å². The van der Waals surface area contributed by atoms with Crippen molar-refractivity contribution in [3.63, 3.8) is 0 Å². The summed E-state index contributed by atoms with van der Waals surface area (Å²) in [4.78, 5) is 2.45. The van der Waals surface area contributed by atoms with Crippen LogP contribution in [0.3, 0.4) is 0 Å². The molecule has 2 atom stereocenters. The molecule has 13 heavy (non-hydrogen) atoms. The Morgan fingerprint density at radius 2 is 2.31 bits per heavy atom. The molecule has 0 aliphatic carbocycles. The van der Waals surface area contributed by atoms with Crippen LogP contribution in [0.25, 0.3) is 0 Å². The van der Waals surface area contributed by atoms with Crippen molar-refractivity contribution in [1.82, 2.24) is 4.90 Å². The van der Waals surface area contributed by atoms with Crippen LogP contribution < -0.4 is 0 Å². The Kier molecular flexibility index (Phi) is 5.07. The molecule has 0 aromatic heterocycles. The van der Waals surface area contributed by atoms with E-state index in [2.05, 4.69) is 11.8 Å². The molecule has 0 spiro atoms. The van der Waals surface area contributed by atoms with Crippen molar-refractivity contribution in [2.45, 2.75) is 26.3 Å². The van der Waals surface area contributed by atoms with Crippen molar-refractivity contribution in [3.8, 4) is 0 Å². The highest BCUT2D eigenvalue weighted by atomic mass is 35.5. The Morgan fingerprint density at radius 1 is 1.54 bits per heavy atom. The highest BCUT2D eigenvalue weighted by molar-refractivity contribution is 6.18. The van der Waals surface area contributed by atoms with Crippen LogP contribution in [-0.2, 0) is 4.74 Å². The summed E-state index contributed by atoms with van der Waals surface area (Å²) in [5, 5.41) is 0. The lowest BCUT2D eigenvalue weighted by Crippen LogP contribution is -2.36. The lowest BCUT2D eigenvalue weighted by Gasteiger charge is -2.24. The van der Waals surface area contributed by atoms with Gasteiger partial charge in [-0.1, -0.05) is 6.92 Å². The molecule has 1 aliphatic heterocycles. The van der Waals surface area contributed by atoms with Gasteiger partial charge in [-0.05, 0) is 25.8 Å². The molecule has 1 saturated heterocycles. The summed E-state index contributed by atoms with van der Waals surface area (Å²) < 4.78 is 5.34. The molecule has 2 nitrogen and oxygen atoms in total. The molecule has 1 heterocycles. The number of alkyl halides is 1. The molecular formula is C10H20ClNO. The van der Waals surface area contributed by atoms with Crippen molar-refractivity contribution in [2.24, 2.45) is 5.92 Å². The van der Waals surface area contributed by atoms with Crippen molar-refractivity contribution in [2.75, 3.05) is 32.2 Å². The fraction of sp³-hybridized carbons (Fsp3) is 1.00. The van der Waals surface area contributed by atoms with E-state index in [-0.39, 0.29) is 0 Å². The summed E-state index contributed by atoms with van der Waals surface area (Å²) in [6.45, 7) is 8.20. The van der Waals surface area contributed by atoms with E-state index in [0.29, 0.717) is 6.04 Å². The summed E-state index contributed by atoms with van der Waals surface area (Å²) in [5.41, 5.74) is 0. The lowest BCUT2D eigenvalue weighted by atomic mass is 10.1. The van der Waals surface area contributed by atoms with Crippen LogP contribution in [-0.4, -0.2) is 43.1 Å². The van der Waals surface area contributed by atoms with E-state index in [4.69, 9.17) is 16.3 Å². The average Bonchev–Trinajstić information content (AvgIpc) is 2.47. The Bertz CT molecular complexity index is 143. The minimum Gasteiger partial charge on any atom is -0.380 e. The standard InChI is InChI=1S/C10H20ClNO/c1-3-13-7-6-12-5-4-9(2)10(12)8-11/h9-10H,3-8H2,1-2H3. The monoisotopic (exact) mass is 205 g/mol. The molecule has 0 radical (unpaired) electrons. The second-order valence-corrected chi connectivity index (χ2v) is 4.03. The predicted molar refractivity (Wildman–Crippen MR) is 56.4 cm³/mol. The van der Waals surface area contributed by atoms with Gasteiger partial charge in [0.05, 0.1) is 6.61 Å². The van der Waals surface area contributed by atoms with E-state index >= 15 is 0 Å². The first-order chi connectivity index (χ1) is 6.29. The Labute approximate surface area is 86.2 Å². The van der Waals surface area contributed by atoms with Gasteiger partial charge >= 0.3 is 0 Å². The second-order valence-electron chi connectivity index (χ2n) is 3.72. The largest absolute Gasteiger partial charge is 0.380 e. The topological polar surface area (TPSA) is 12.5 Å². The number of likely N-dealkylation sites (tertiary alicyclic amines) is 1. The molecule has 0 N–H and O–H groups in total. The third kappa shape index (κ3) is 3.12. The highest BCUT2D eigenvalue weighted by Gasteiger charge is 2.29. The zero-order chi connectivity index (χ0) is 9.68. The summed E-state index contributed by atoms with van der Waals surface area (Å²) >= 11 is 5.93. The molecule has 0 bridgehead atoms. The maximum atomic E-state index is 5.93. The van der Waals surface area contributed by atoms with E-state index in [1.54, 1.807) is 0 Å². The van der Waals surface area contributed by atoms with Crippen molar-refractivity contribution in [3.05, 3.63) is 0 Å². The summed E-state index contributed by atoms with van der Waals surface area (Å²) in [7, 11) is 0. The molecule has 1 fully saturated rings. The molecular weight excluding hydrogens is 186 g/mol. The minimum absolute atomic E-state index is 0.571. The Balaban J connectivity index is 2.24. The van der Waals surface area contributed by atoms with Gasteiger partial charge in [-0.25, -0.2) is 0 Å². The van der Waals surface area contributed by atoms with Crippen molar-refractivity contribution < 1.29 is 4.74 Å². The van der Waals surface area contributed by atoms with Gasteiger partial charge in [0.2, 0.25) is 0 Å². The van der Waals surface area contributed by atoms with Gasteiger partial charge in [0.25, 0.3) is 0 Å². The number of hydrogen-bond donors (Lipinski definition) is 0. The normalized spacial score (nSPS) is 29.8. The smallest absolute Gasteiger partial charge is 0.0593 e. The molecule has 2 unspecified atom stereocenters. The fourth-order valence-corrected chi connectivity index (χ4v) is 2.44. The van der Waals surface area contributed by atoms with Gasteiger partial charge in [-0.3, -0.25) is 4.90 Å². The van der Waals surface area contributed by atoms with Crippen LogP contribution in [0.1, 0.15) is 20.3 Å². The molecule has 0 aromatic carbocycles. The third-order valence-corrected chi connectivity index (χ3v) is 3.20. The number of nitrogens with zero attached hydrogens (tertiary/aromatic N) is 1. The SMILES string of the molecule is CCOCCN1CCC(C)C1CCl. The van der Waals surface area contributed by atoms with Gasteiger partial charge in [0.15, 0.2) is 0 Å². The van der Waals surface area contributed by atoms with Crippen LogP contribution in [0.2, 0.25) is 0 Å². The molecule has 3 heteroatoms. The molecule has 1 aliphatic rings. The Hall–Kier alpha value is 0.210. The van der Waals surface area contributed by atoms with E-state index in [0.717, 1.165) is 31.6 Å². The van der Waals surface area contributed by atoms with Crippen LogP contribution in [0.5, 0.6) is 0 Å². The molecule has 1 rings (SSSR count). The van der Waals surface area contributed by atoms with E-state index < -0.39 is 0 Å². The molecule has 78 valence electrons. The number of rotatable bonds is 5. The molecule has 0 aromatic rings. The first-order valence-electron chi connectivity index (χ1n) is 5.17. The quantitative estimate of drug-likeness (QED) is 0.503. The summed E-state index contributed by atoms with van der Waals surface area (Å²) in [5.74, 6) is 1.51. The second kappa shape index (κ2) is 5.84.